The van der Waals surface area contributed by atoms with Crippen LogP contribution in [-0.2, 0) is 19.4 Å². The van der Waals surface area contributed by atoms with E-state index < -0.39 is 0 Å². The second kappa shape index (κ2) is 8.28. The molecule has 0 radical (unpaired) electrons. The minimum atomic E-state index is 0.177. The molecule has 1 saturated carbocycles. The quantitative estimate of drug-likeness (QED) is 0.766. The fourth-order valence-corrected chi connectivity index (χ4v) is 4.72. The van der Waals surface area contributed by atoms with Crippen LogP contribution in [-0.4, -0.2) is 16.7 Å². The number of nitrogens with zero attached hydrogens (tertiary/aromatic N) is 2. The molecule has 1 heterocycles. The molecule has 144 valence electrons. The fourth-order valence-electron chi connectivity index (χ4n) is 4.72. The molecule has 0 saturated heterocycles. The predicted octanol–water partition coefficient (Wildman–Crippen LogP) is 4.77. The number of para-hydroxylation sites is 1. The highest BCUT2D eigenvalue weighted by atomic mass is 16.5. The number of fused-ring (bicyclic) bond motifs is 1. The van der Waals surface area contributed by atoms with Crippen molar-refractivity contribution in [1.82, 2.24) is 9.55 Å². The average Bonchev–Trinajstić information content (AvgIpc) is 2.73. The summed E-state index contributed by atoms with van der Waals surface area (Å²) in [6.45, 7) is 0.761. The van der Waals surface area contributed by atoms with Crippen molar-refractivity contribution in [2.24, 2.45) is 5.92 Å². The molecule has 0 spiro atoms. The third kappa shape index (κ3) is 3.80. The van der Waals surface area contributed by atoms with Crippen molar-refractivity contribution >= 4 is 0 Å². The minimum absolute atomic E-state index is 0.177. The summed E-state index contributed by atoms with van der Waals surface area (Å²) >= 11 is 0. The molecule has 0 amide bonds. The van der Waals surface area contributed by atoms with Crippen molar-refractivity contribution in [1.29, 1.82) is 0 Å². The molecule has 1 aromatic heterocycles. The summed E-state index contributed by atoms with van der Waals surface area (Å²) in [5.74, 6) is 2.31. The molecular weight excluding hydrogens is 336 g/mol. The Kier molecular flexibility index (Phi) is 5.61. The van der Waals surface area contributed by atoms with Gasteiger partial charge in [-0.05, 0) is 50.2 Å². The summed E-state index contributed by atoms with van der Waals surface area (Å²) in [6.07, 6.45) is 11.7. The highest BCUT2D eigenvalue weighted by Crippen LogP contribution is 2.31. The molecule has 4 nitrogen and oxygen atoms in total. The average molecular weight is 367 g/mol. The Morgan fingerprint density at radius 3 is 2.67 bits per heavy atom. The van der Waals surface area contributed by atoms with Crippen LogP contribution in [0.5, 0.6) is 5.75 Å². The van der Waals surface area contributed by atoms with E-state index in [1.54, 1.807) is 7.11 Å². The van der Waals surface area contributed by atoms with Gasteiger partial charge in [0, 0.05) is 12.1 Å². The van der Waals surface area contributed by atoms with Gasteiger partial charge in [-0.1, -0.05) is 44.2 Å². The summed E-state index contributed by atoms with van der Waals surface area (Å²) in [5.41, 5.74) is 3.05. The minimum Gasteiger partial charge on any atom is -0.496 e. The number of ether oxygens (including phenoxy) is 1. The highest BCUT2D eigenvalue weighted by molar-refractivity contribution is 5.64. The number of hydrogen-bond acceptors (Lipinski definition) is 3. The molecule has 0 aliphatic heterocycles. The van der Waals surface area contributed by atoms with Crippen molar-refractivity contribution in [3.8, 4) is 17.1 Å². The van der Waals surface area contributed by atoms with Gasteiger partial charge in [0.05, 0.1) is 18.4 Å². The van der Waals surface area contributed by atoms with Crippen LogP contribution in [0.25, 0.3) is 11.4 Å². The first-order valence-electron chi connectivity index (χ1n) is 10.5. The zero-order valence-electron chi connectivity index (χ0n) is 16.4. The van der Waals surface area contributed by atoms with Crippen LogP contribution < -0.4 is 10.3 Å². The SMILES string of the molecule is COc1ccccc1-c1nc2c(c(=O)n1CCC1CCCCC1)CCCC2. The van der Waals surface area contributed by atoms with Gasteiger partial charge in [-0.2, -0.15) is 0 Å². The molecule has 1 fully saturated rings. The summed E-state index contributed by atoms with van der Waals surface area (Å²) in [4.78, 5) is 18.4. The van der Waals surface area contributed by atoms with E-state index >= 15 is 0 Å². The van der Waals surface area contributed by atoms with Crippen molar-refractivity contribution in [3.05, 3.63) is 45.9 Å². The van der Waals surface area contributed by atoms with Gasteiger partial charge in [0.2, 0.25) is 0 Å². The smallest absolute Gasteiger partial charge is 0.257 e. The van der Waals surface area contributed by atoms with E-state index in [2.05, 4.69) is 0 Å². The molecule has 1 aromatic carbocycles. The Hall–Kier alpha value is -2.10. The monoisotopic (exact) mass is 366 g/mol. The molecule has 0 bridgehead atoms. The Morgan fingerprint density at radius 2 is 1.85 bits per heavy atom. The lowest BCUT2D eigenvalue weighted by Crippen LogP contribution is -2.31. The third-order valence-corrected chi connectivity index (χ3v) is 6.27. The fraction of sp³-hybridized carbons (Fsp3) is 0.565. The van der Waals surface area contributed by atoms with Crippen LogP contribution in [0.4, 0.5) is 0 Å². The Bertz CT molecular complexity index is 850. The van der Waals surface area contributed by atoms with Crippen LogP contribution in [0.1, 0.15) is 62.6 Å². The molecule has 0 N–H and O–H groups in total. The summed E-state index contributed by atoms with van der Waals surface area (Å²) in [7, 11) is 1.68. The lowest BCUT2D eigenvalue weighted by atomic mass is 9.87. The maximum absolute atomic E-state index is 13.4. The van der Waals surface area contributed by atoms with Crippen LogP contribution in [0.2, 0.25) is 0 Å². The van der Waals surface area contributed by atoms with E-state index in [0.29, 0.717) is 0 Å². The Balaban J connectivity index is 1.75. The van der Waals surface area contributed by atoms with Gasteiger partial charge in [0.25, 0.3) is 5.56 Å². The van der Waals surface area contributed by atoms with E-state index in [1.165, 1.54) is 32.1 Å². The second-order valence-corrected chi connectivity index (χ2v) is 8.02. The number of hydrogen-bond donors (Lipinski definition) is 0. The number of methoxy groups -OCH3 is 1. The van der Waals surface area contributed by atoms with E-state index in [9.17, 15) is 4.79 Å². The predicted molar refractivity (Wildman–Crippen MR) is 108 cm³/mol. The van der Waals surface area contributed by atoms with Crippen molar-refractivity contribution < 1.29 is 4.74 Å². The van der Waals surface area contributed by atoms with Gasteiger partial charge < -0.3 is 4.74 Å². The van der Waals surface area contributed by atoms with E-state index in [1.807, 2.05) is 28.8 Å². The summed E-state index contributed by atoms with van der Waals surface area (Å²) in [6, 6.07) is 7.93. The highest BCUT2D eigenvalue weighted by Gasteiger charge is 2.22. The zero-order valence-corrected chi connectivity index (χ0v) is 16.4. The van der Waals surface area contributed by atoms with Crippen molar-refractivity contribution in [3.63, 3.8) is 0 Å². The van der Waals surface area contributed by atoms with Gasteiger partial charge in [0.1, 0.15) is 11.6 Å². The Labute approximate surface area is 161 Å². The number of aromatic nitrogens is 2. The van der Waals surface area contributed by atoms with Crippen molar-refractivity contribution in [2.45, 2.75) is 70.8 Å². The normalized spacial score (nSPS) is 17.5. The standard InChI is InChI=1S/C23H30N2O2/c1-27-21-14-8-6-12-19(21)22-24-20-13-7-5-11-18(20)23(26)25(22)16-15-17-9-3-2-4-10-17/h6,8,12,14,17H,2-5,7,9-11,13,15-16H2,1H3. The first-order valence-corrected chi connectivity index (χ1v) is 10.5. The van der Waals surface area contributed by atoms with Crippen LogP contribution in [0.3, 0.4) is 0 Å². The molecule has 4 rings (SSSR count). The largest absolute Gasteiger partial charge is 0.496 e. The second-order valence-electron chi connectivity index (χ2n) is 8.02. The Morgan fingerprint density at radius 1 is 1.07 bits per heavy atom. The molecule has 0 unspecified atom stereocenters. The molecule has 27 heavy (non-hydrogen) atoms. The van der Waals surface area contributed by atoms with Gasteiger partial charge >= 0.3 is 0 Å². The van der Waals surface area contributed by atoms with Gasteiger partial charge in [0.15, 0.2) is 0 Å². The molecule has 2 aliphatic carbocycles. The number of aryl methyl sites for hydroxylation is 1. The lowest BCUT2D eigenvalue weighted by Gasteiger charge is -2.24. The van der Waals surface area contributed by atoms with Gasteiger partial charge in [-0.15, -0.1) is 0 Å². The molecule has 0 atom stereocenters. The van der Waals surface area contributed by atoms with Gasteiger partial charge in [-0.25, -0.2) is 4.98 Å². The van der Waals surface area contributed by atoms with Crippen LogP contribution in [0.15, 0.2) is 29.1 Å². The first kappa shape index (κ1) is 18.3. The first-order chi connectivity index (χ1) is 13.3. The molecular formula is C23H30N2O2. The lowest BCUT2D eigenvalue weighted by molar-refractivity contribution is 0.322. The van der Waals surface area contributed by atoms with Crippen LogP contribution in [0, 0.1) is 5.92 Å². The molecule has 2 aromatic rings. The summed E-state index contributed by atoms with van der Waals surface area (Å²) in [5, 5.41) is 0. The van der Waals surface area contributed by atoms with Gasteiger partial charge in [-0.3, -0.25) is 9.36 Å². The number of benzene rings is 1. The van der Waals surface area contributed by atoms with Crippen molar-refractivity contribution in [2.75, 3.05) is 7.11 Å². The van der Waals surface area contributed by atoms with Crippen LogP contribution >= 0.6 is 0 Å². The zero-order chi connectivity index (χ0) is 18.6. The van der Waals surface area contributed by atoms with E-state index in [-0.39, 0.29) is 5.56 Å². The summed E-state index contributed by atoms with van der Waals surface area (Å²) < 4.78 is 7.52. The molecule has 4 heteroatoms. The van der Waals surface area contributed by atoms with E-state index in [4.69, 9.17) is 9.72 Å². The maximum atomic E-state index is 13.4. The third-order valence-electron chi connectivity index (χ3n) is 6.27. The topological polar surface area (TPSA) is 44.1 Å². The van der Waals surface area contributed by atoms with E-state index in [0.717, 1.165) is 73.0 Å². The molecule has 2 aliphatic rings. The number of rotatable bonds is 5. The maximum Gasteiger partial charge on any atom is 0.257 e.